The van der Waals surface area contributed by atoms with E-state index in [1.165, 1.54) is 0 Å². The second-order valence-corrected chi connectivity index (χ2v) is 5.89. The quantitative estimate of drug-likeness (QED) is 0.875. The molecular weight excluding hydrogens is 302 g/mol. The van der Waals surface area contributed by atoms with Crippen LogP contribution in [0.2, 0.25) is 5.02 Å². The molecule has 3 amide bonds. The molecule has 6 heteroatoms. The van der Waals surface area contributed by atoms with Gasteiger partial charge in [0.15, 0.2) is 0 Å². The van der Waals surface area contributed by atoms with Gasteiger partial charge in [0.1, 0.15) is 0 Å². The Labute approximate surface area is 136 Å². The largest absolute Gasteiger partial charge is 0.343 e. The van der Waals surface area contributed by atoms with Crippen LogP contribution in [0.25, 0.3) is 0 Å². The Hall–Kier alpha value is -1.75. The van der Waals surface area contributed by atoms with E-state index in [1.807, 2.05) is 30.0 Å². The summed E-state index contributed by atoms with van der Waals surface area (Å²) in [6, 6.07) is 6.92. The molecule has 1 heterocycles. The van der Waals surface area contributed by atoms with Gasteiger partial charge in [0.2, 0.25) is 5.91 Å². The van der Waals surface area contributed by atoms with Crippen LogP contribution in [0.4, 0.5) is 4.79 Å². The fourth-order valence-electron chi connectivity index (χ4n) is 2.56. The van der Waals surface area contributed by atoms with E-state index >= 15 is 0 Å². The lowest BCUT2D eigenvalue weighted by Gasteiger charge is -2.17. The predicted molar refractivity (Wildman–Crippen MR) is 86.8 cm³/mol. The van der Waals surface area contributed by atoms with Gasteiger partial charge in [-0.3, -0.25) is 4.79 Å². The maximum Gasteiger partial charge on any atom is 0.315 e. The van der Waals surface area contributed by atoms with E-state index in [1.54, 1.807) is 6.07 Å². The lowest BCUT2D eigenvalue weighted by Crippen LogP contribution is -2.39. The van der Waals surface area contributed by atoms with Crippen molar-refractivity contribution in [3.05, 3.63) is 34.9 Å². The molecular formula is C16H22ClN3O2. The Kier molecular flexibility index (Phi) is 6.07. The molecule has 0 saturated carbocycles. The molecule has 0 spiro atoms. The van der Waals surface area contributed by atoms with E-state index < -0.39 is 0 Å². The zero-order chi connectivity index (χ0) is 15.9. The van der Waals surface area contributed by atoms with Crippen LogP contribution >= 0.6 is 11.6 Å². The number of halogens is 1. The first-order chi connectivity index (χ1) is 10.6. The van der Waals surface area contributed by atoms with Crippen LogP contribution in [0.15, 0.2) is 24.3 Å². The highest BCUT2D eigenvalue weighted by Gasteiger charge is 2.17. The number of urea groups is 1. The van der Waals surface area contributed by atoms with Gasteiger partial charge < -0.3 is 15.5 Å². The molecule has 1 aliphatic heterocycles. The van der Waals surface area contributed by atoms with Crippen LogP contribution < -0.4 is 10.6 Å². The van der Waals surface area contributed by atoms with Crippen LogP contribution in [0.1, 0.15) is 37.8 Å². The van der Waals surface area contributed by atoms with Crippen molar-refractivity contribution in [2.45, 2.75) is 32.2 Å². The minimum Gasteiger partial charge on any atom is -0.343 e. The van der Waals surface area contributed by atoms with Gasteiger partial charge in [-0.15, -0.1) is 0 Å². The van der Waals surface area contributed by atoms with Crippen LogP contribution in [0, 0.1) is 0 Å². The highest BCUT2D eigenvalue weighted by atomic mass is 35.5. The first-order valence-corrected chi connectivity index (χ1v) is 8.02. The average molecular weight is 324 g/mol. The van der Waals surface area contributed by atoms with Crippen LogP contribution in [0.3, 0.4) is 0 Å². The Balaban J connectivity index is 1.71. The van der Waals surface area contributed by atoms with Crippen molar-refractivity contribution in [1.29, 1.82) is 0 Å². The molecule has 1 atom stereocenters. The van der Waals surface area contributed by atoms with Gasteiger partial charge in [-0.1, -0.05) is 29.8 Å². The minimum absolute atomic E-state index is 0.108. The molecule has 1 aromatic rings. The fourth-order valence-corrected chi connectivity index (χ4v) is 2.86. The normalized spacial score (nSPS) is 15.5. The summed E-state index contributed by atoms with van der Waals surface area (Å²) in [6.07, 6.45) is 2.50. The molecule has 120 valence electrons. The van der Waals surface area contributed by atoms with E-state index in [-0.39, 0.29) is 18.0 Å². The third-order valence-corrected chi connectivity index (χ3v) is 4.15. The molecule has 22 heavy (non-hydrogen) atoms. The number of carbonyl (C=O) groups is 2. The number of hydrogen-bond donors (Lipinski definition) is 2. The molecule has 1 aliphatic rings. The molecule has 5 nitrogen and oxygen atoms in total. The number of carbonyl (C=O) groups excluding carboxylic acids is 2. The van der Waals surface area contributed by atoms with Gasteiger partial charge in [0, 0.05) is 31.1 Å². The van der Waals surface area contributed by atoms with Gasteiger partial charge in [-0.05, 0) is 31.4 Å². The van der Waals surface area contributed by atoms with Crippen molar-refractivity contribution in [2.75, 3.05) is 19.6 Å². The molecule has 1 unspecified atom stereocenters. The molecule has 0 aromatic heterocycles. The highest BCUT2D eigenvalue weighted by Crippen LogP contribution is 2.21. The number of hydrogen-bond acceptors (Lipinski definition) is 2. The summed E-state index contributed by atoms with van der Waals surface area (Å²) in [5.74, 6) is 0.108. The van der Waals surface area contributed by atoms with E-state index in [0.29, 0.717) is 18.0 Å². The smallest absolute Gasteiger partial charge is 0.315 e. The molecule has 2 N–H and O–H groups in total. The second kappa shape index (κ2) is 8.03. The van der Waals surface area contributed by atoms with Gasteiger partial charge in [-0.25, -0.2) is 4.79 Å². The summed E-state index contributed by atoms with van der Waals surface area (Å²) >= 11 is 6.10. The predicted octanol–water partition coefficient (Wildman–Crippen LogP) is 2.71. The van der Waals surface area contributed by atoms with Crippen molar-refractivity contribution >= 4 is 23.5 Å². The summed E-state index contributed by atoms with van der Waals surface area (Å²) in [4.78, 5) is 25.6. The van der Waals surface area contributed by atoms with Crippen LogP contribution in [-0.4, -0.2) is 36.5 Å². The summed E-state index contributed by atoms with van der Waals surface area (Å²) in [6.45, 7) is 3.90. The van der Waals surface area contributed by atoms with Crippen molar-refractivity contribution < 1.29 is 9.59 Å². The van der Waals surface area contributed by atoms with Gasteiger partial charge >= 0.3 is 6.03 Å². The third kappa shape index (κ3) is 4.63. The number of nitrogens with one attached hydrogen (secondary N) is 2. The van der Waals surface area contributed by atoms with E-state index in [4.69, 9.17) is 11.6 Å². The summed E-state index contributed by atoms with van der Waals surface area (Å²) in [5, 5.41) is 6.16. The molecule has 0 aliphatic carbocycles. The molecule has 1 fully saturated rings. The molecule has 0 radical (unpaired) electrons. The number of amides is 3. The Morgan fingerprint density at radius 1 is 1.27 bits per heavy atom. The zero-order valence-corrected chi connectivity index (χ0v) is 13.5. The Morgan fingerprint density at radius 3 is 2.64 bits per heavy atom. The maximum absolute atomic E-state index is 11.9. The standard InChI is InChI=1S/C16H22ClN3O2/c1-12(13-6-2-3-7-14(13)17)19-16(22)18-9-8-15(21)20-10-4-5-11-20/h2-3,6-7,12H,4-5,8-11H2,1H3,(H2,18,19,22). The lowest BCUT2D eigenvalue weighted by atomic mass is 10.1. The monoisotopic (exact) mass is 323 g/mol. The average Bonchev–Trinajstić information content (AvgIpc) is 3.01. The summed E-state index contributed by atoms with van der Waals surface area (Å²) < 4.78 is 0. The van der Waals surface area contributed by atoms with E-state index in [0.717, 1.165) is 31.5 Å². The first kappa shape index (κ1) is 16.6. The van der Waals surface area contributed by atoms with Crippen molar-refractivity contribution in [2.24, 2.45) is 0 Å². The fraction of sp³-hybridized carbons (Fsp3) is 0.500. The SMILES string of the molecule is CC(NC(=O)NCCC(=O)N1CCCC1)c1ccccc1Cl. The Bertz CT molecular complexity index is 530. The minimum atomic E-state index is -0.290. The summed E-state index contributed by atoms with van der Waals surface area (Å²) in [7, 11) is 0. The highest BCUT2D eigenvalue weighted by molar-refractivity contribution is 6.31. The first-order valence-electron chi connectivity index (χ1n) is 7.64. The van der Waals surface area contributed by atoms with Crippen molar-refractivity contribution in [1.82, 2.24) is 15.5 Å². The zero-order valence-electron chi connectivity index (χ0n) is 12.8. The maximum atomic E-state index is 11.9. The van der Waals surface area contributed by atoms with Crippen LogP contribution in [0.5, 0.6) is 0 Å². The second-order valence-electron chi connectivity index (χ2n) is 5.48. The van der Waals surface area contributed by atoms with E-state index in [9.17, 15) is 9.59 Å². The number of rotatable bonds is 5. The van der Waals surface area contributed by atoms with Gasteiger partial charge in [-0.2, -0.15) is 0 Å². The number of benzene rings is 1. The van der Waals surface area contributed by atoms with Gasteiger partial charge in [0.25, 0.3) is 0 Å². The van der Waals surface area contributed by atoms with Crippen molar-refractivity contribution in [3.8, 4) is 0 Å². The van der Waals surface area contributed by atoms with E-state index in [2.05, 4.69) is 10.6 Å². The number of likely N-dealkylation sites (tertiary alicyclic amines) is 1. The Morgan fingerprint density at radius 2 is 1.95 bits per heavy atom. The molecule has 0 bridgehead atoms. The topological polar surface area (TPSA) is 61.4 Å². The summed E-state index contributed by atoms with van der Waals surface area (Å²) in [5.41, 5.74) is 0.868. The molecule has 1 saturated heterocycles. The molecule has 2 rings (SSSR count). The number of nitrogens with zero attached hydrogens (tertiary/aromatic N) is 1. The third-order valence-electron chi connectivity index (χ3n) is 3.80. The van der Waals surface area contributed by atoms with Crippen LogP contribution in [-0.2, 0) is 4.79 Å². The van der Waals surface area contributed by atoms with Crippen molar-refractivity contribution in [3.63, 3.8) is 0 Å². The molecule has 1 aromatic carbocycles. The van der Waals surface area contributed by atoms with Gasteiger partial charge in [0.05, 0.1) is 6.04 Å². The lowest BCUT2D eigenvalue weighted by molar-refractivity contribution is -0.129.